The van der Waals surface area contributed by atoms with E-state index in [1.807, 2.05) is 11.3 Å². The molecule has 0 aliphatic heterocycles. The first-order chi connectivity index (χ1) is 8.41. The molecule has 1 aliphatic rings. The second-order valence-corrected chi connectivity index (χ2v) is 7.90. The van der Waals surface area contributed by atoms with Crippen LogP contribution in [0.5, 0.6) is 0 Å². The number of thiazole rings is 1. The maximum absolute atomic E-state index is 5.95. The maximum Gasteiger partial charge on any atom is 0.0933 e. The summed E-state index contributed by atoms with van der Waals surface area (Å²) < 4.78 is 0. The van der Waals surface area contributed by atoms with Crippen molar-refractivity contribution >= 4 is 11.3 Å². The minimum Gasteiger partial charge on any atom is -0.330 e. The van der Waals surface area contributed by atoms with E-state index in [2.05, 4.69) is 27.7 Å². The number of aryl methyl sites for hydroxylation is 2. The van der Waals surface area contributed by atoms with Crippen molar-refractivity contribution in [1.29, 1.82) is 0 Å². The summed E-state index contributed by atoms with van der Waals surface area (Å²) in [5.41, 5.74) is 7.64. The van der Waals surface area contributed by atoms with Crippen LogP contribution in [-0.2, 0) is 6.42 Å². The lowest BCUT2D eigenvalue weighted by Gasteiger charge is -2.40. The van der Waals surface area contributed by atoms with Crippen molar-refractivity contribution in [3.8, 4) is 0 Å². The van der Waals surface area contributed by atoms with E-state index < -0.39 is 0 Å². The maximum atomic E-state index is 5.95. The Bertz CT molecular complexity index is 389. The third kappa shape index (κ3) is 3.12. The highest BCUT2D eigenvalue weighted by molar-refractivity contribution is 7.11. The van der Waals surface area contributed by atoms with Crippen LogP contribution in [0.25, 0.3) is 0 Å². The van der Waals surface area contributed by atoms with Gasteiger partial charge >= 0.3 is 0 Å². The van der Waals surface area contributed by atoms with Crippen LogP contribution in [-0.4, -0.2) is 11.5 Å². The third-order valence-electron chi connectivity index (χ3n) is 4.49. The molecule has 102 valence electrons. The molecular formula is C15H26N2S. The first-order valence-corrected chi connectivity index (χ1v) is 7.86. The van der Waals surface area contributed by atoms with Gasteiger partial charge in [-0.3, -0.25) is 0 Å². The predicted molar refractivity (Wildman–Crippen MR) is 79.0 cm³/mol. The average molecular weight is 266 g/mol. The Balaban J connectivity index is 2.09. The van der Waals surface area contributed by atoms with Crippen LogP contribution in [0.2, 0.25) is 0 Å². The van der Waals surface area contributed by atoms with E-state index in [0.717, 1.165) is 18.9 Å². The van der Waals surface area contributed by atoms with Gasteiger partial charge in [-0.05, 0) is 56.9 Å². The van der Waals surface area contributed by atoms with Crippen molar-refractivity contribution in [1.82, 2.24) is 4.98 Å². The van der Waals surface area contributed by atoms with Gasteiger partial charge in [-0.1, -0.05) is 13.8 Å². The fourth-order valence-electron chi connectivity index (χ4n) is 3.19. The van der Waals surface area contributed by atoms with Crippen LogP contribution in [0.1, 0.15) is 48.7 Å². The summed E-state index contributed by atoms with van der Waals surface area (Å²) in [7, 11) is 0. The minimum absolute atomic E-state index is 0.484. The Morgan fingerprint density at radius 2 is 2.06 bits per heavy atom. The lowest BCUT2D eigenvalue weighted by molar-refractivity contribution is 0.121. The zero-order chi connectivity index (χ0) is 13.3. The van der Waals surface area contributed by atoms with Gasteiger partial charge in [-0.2, -0.15) is 0 Å². The Morgan fingerprint density at radius 3 is 2.61 bits per heavy atom. The molecule has 2 N–H and O–H groups in total. The SMILES string of the molecule is Cc1nc(CC2CC(C)(C)CCC2CN)sc1C. The van der Waals surface area contributed by atoms with Gasteiger partial charge in [0, 0.05) is 11.3 Å². The molecule has 0 aromatic carbocycles. The highest BCUT2D eigenvalue weighted by Gasteiger charge is 2.34. The first kappa shape index (κ1) is 14.0. The molecule has 2 rings (SSSR count). The van der Waals surface area contributed by atoms with Gasteiger partial charge in [-0.15, -0.1) is 11.3 Å². The van der Waals surface area contributed by atoms with Crippen molar-refractivity contribution in [2.75, 3.05) is 6.54 Å². The molecule has 1 saturated carbocycles. The molecule has 2 nitrogen and oxygen atoms in total. The van der Waals surface area contributed by atoms with Gasteiger partial charge in [0.15, 0.2) is 0 Å². The Hall–Kier alpha value is -0.410. The van der Waals surface area contributed by atoms with Crippen molar-refractivity contribution in [2.45, 2.75) is 53.4 Å². The summed E-state index contributed by atoms with van der Waals surface area (Å²) in [5.74, 6) is 1.42. The zero-order valence-electron chi connectivity index (χ0n) is 12.1. The van der Waals surface area contributed by atoms with E-state index in [9.17, 15) is 0 Å². The fraction of sp³-hybridized carbons (Fsp3) is 0.800. The third-order valence-corrected chi connectivity index (χ3v) is 5.58. The van der Waals surface area contributed by atoms with Crippen LogP contribution in [0.4, 0.5) is 0 Å². The number of hydrogen-bond donors (Lipinski definition) is 1. The monoisotopic (exact) mass is 266 g/mol. The van der Waals surface area contributed by atoms with Crippen LogP contribution >= 0.6 is 11.3 Å². The molecule has 0 spiro atoms. The highest BCUT2D eigenvalue weighted by Crippen LogP contribution is 2.43. The number of hydrogen-bond acceptors (Lipinski definition) is 3. The van der Waals surface area contributed by atoms with Gasteiger partial charge in [0.25, 0.3) is 0 Å². The smallest absolute Gasteiger partial charge is 0.0933 e. The standard InChI is InChI=1S/C15H26N2S/c1-10-11(2)18-14(17-10)7-13-8-15(3,4)6-5-12(13)9-16/h12-13H,5-9,16H2,1-4H3. The molecule has 0 saturated heterocycles. The molecule has 18 heavy (non-hydrogen) atoms. The van der Waals surface area contributed by atoms with E-state index in [-0.39, 0.29) is 0 Å². The summed E-state index contributed by atoms with van der Waals surface area (Å²) in [6, 6.07) is 0. The second-order valence-electron chi connectivity index (χ2n) is 6.62. The van der Waals surface area contributed by atoms with Crippen molar-refractivity contribution in [3.63, 3.8) is 0 Å². The van der Waals surface area contributed by atoms with Crippen LogP contribution in [0, 0.1) is 31.1 Å². The lowest BCUT2D eigenvalue weighted by atomic mass is 9.66. The van der Waals surface area contributed by atoms with Crippen molar-refractivity contribution in [2.24, 2.45) is 23.0 Å². The average Bonchev–Trinajstić information content (AvgIpc) is 2.57. The Kier molecular flexibility index (Phi) is 4.12. The van der Waals surface area contributed by atoms with Gasteiger partial charge in [0.1, 0.15) is 0 Å². The van der Waals surface area contributed by atoms with Crippen molar-refractivity contribution in [3.05, 3.63) is 15.6 Å². The van der Waals surface area contributed by atoms with E-state index in [1.54, 1.807) is 0 Å². The van der Waals surface area contributed by atoms with E-state index in [1.165, 1.54) is 34.8 Å². The molecule has 1 aromatic rings. The van der Waals surface area contributed by atoms with Crippen LogP contribution in [0.3, 0.4) is 0 Å². The molecule has 0 bridgehead atoms. The van der Waals surface area contributed by atoms with E-state index >= 15 is 0 Å². The number of nitrogens with zero attached hydrogens (tertiary/aromatic N) is 1. The molecule has 1 heterocycles. The first-order valence-electron chi connectivity index (χ1n) is 7.04. The second kappa shape index (κ2) is 5.30. The lowest BCUT2D eigenvalue weighted by Crippen LogP contribution is -2.35. The number of rotatable bonds is 3. The summed E-state index contributed by atoms with van der Waals surface area (Å²) in [5, 5.41) is 1.31. The van der Waals surface area contributed by atoms with Crippen LogP contribution in [0.15, 0.2) is 0 Å². The van der Waals surface area contributed by atoms with Gasteiger partial charge in [0.05, 0.1) is 10.7 Å². The van der Waals surface area contributed by atoms with E-state index in [4.69, 9.17) is 10.7 Å². The topological polar surface area (TPSA) is 38.9 Å². The molecule has 2 unspecified atom stereocenters. The molecular weight excluding hydrogens is 240 g/mol. The van der Waals surface area contributed by atoms with Crippen molar-refractivity contribution < 1.29 is 0 Å². The minimum atomic E-state index is 0.484. The fourth-order valence-corrected chi connectivity index (χ4v) is 4.22. The van der Waals surface area contributed by atoms with Gasteiger partial charge < -0.3 is 5.73 Å². The predicted octanol–water partition coefficient (Wildman–Crippen LogP) is 3.70. The molecule has 0 amide bonds. The normalized spacial score (nSPS) is 27.4. The largest absolute Gasteiger partial charge is 0.330 e. The Labute approximate surface area is 115 Å². The molecule has 1 aliphatic carbocycles. The number of aromatic nitrogens is 1. The Morgan fingerprint density at radius 1 is 1.33 bits per heavy atom. The van der Waals surface area contributed by atoms with E-state index in [0.29, 0.717) is 11.3 Å². The van der Waals surface area contributed by atoms with Gasteiger partial charge in [0.2, 0.25) is 0 Å². The molecule has 1 aromatic heterocycles. The molecule has 0 radical (unpaired) electrons. The zero-order valence-corrected chi connectivity index (χ0v) is 12.9. The molecule has 2 atom stereocenters. The van der Waals surface area contributed by atoms with Gasteiger partial charge in [-0.25, -0.2) is 4.98 Å². The quantitative estimate of drug-likeness (QED) is 0.906. The number of nitrogens with two attached hydrogens (primary N) is 1. The highest BCUT2D eigenvalue weighted by atomic mass is 32.1. The summed E-state index contributed by atoms with van der Waals surface area (Å²) in [4.78, 5) is 6.06. The summed E-state index contributed by atoms with van der Waals surface area (Å²) >= 11 is 1.87. The molecule has 3 heteroatoms. The summed E-state index contributed by atoms with van der Waals surface area (Å²) in [6.07, 6.45) is 5.04. The molecule has 1 fully saturated rings. The summed E-state index contributed by atoms with van der Waals surface area (Å²) in [6.45, 7) is 9.91. The van der Waals surface area contributed by atoms with Crippen LogP contribution < -0.4 is 5.73 Å².